The smallest absolute Gasteiger partial charge is 0.346 e. The van der Waals surface area contributed by atoms with E-state index in [0.29, 0.717) is 12.0 Å². The molecule has 0 aliphatic carbocycles. The molecule has 2 aromatic carbocycles. The van der Waals surface area contributed by atoms with Crippen molar-refractivity contribution in [3.63, 3.8) is 0 Å². The Balaban J connectivity index is 2.12. The molecule has 5 nitrogen and oxygen atoms in total. The van der Waals surface area contributed by atoms with Gasteiger partial charge >= 0.3 is 6.18 Å². The molecule has 9 heteroatoms. The van der Waals surface area contributed by atoms with Crippen LogP contribution in [-0.2, 0) is 16.2 Å². The zero-order valence-electron chi connectivity index (χ0n) is 16.2. The average Bonchev–Trinajstić information content (AvgIpc) is 2.67. The fourth-order valence-electron chi connectivity index (χ4n) is 2.55. The first-order valence-corrected chi connectivity index (χ1v) is 10.5. The van der Waals surface area contributed by atoms with Crippen LogP contribution >= 0.6 is 0 Å². The highest BCUT2D eigenvalue weighted by Gasteiger charge is 2.30. The summed E-state index contributed by atoms with van der Waals surface area (Å²) in [6.07, 6.45) is -3.84. The molecule has 2 N–H and O–H groups in total. The van der Waals surface area contributed by atoms with Crippen molar-refractivity contribution in [2.75, 3.05) is 0 Å². The van der Waals surface area contributed by atoms with E-state index in [0.717, 1.165) is 12.1 Å². The van der Waals surface area contributed by atoms with E-state index in [1.807, 2.05) is 6.92 Å². The summed E-state index contributed by atoms with van der Waals surface area (Å²) in [5.41, 5.74) is -0.282. The zero-order chi connectivity index (χ0) is 21.8. The number of carbonyl (C=O) groups is 1. The minimum Gasteiger partial charge on any atom is -0.346 e. The lowest BCUT2D eigenvalue weighted by atomic mass is 10.0. The summed E-state index contributed by atoms with van der Waals surface area (Å²) in [4.78, 5) is 12.4. The minimum atomic E-state index is -4.47. The molecule has 0 bridgehead atoms. The van der Waals surface area contributed by atoms with Crippen molar-refractivity contribution in [3.8, 4) is 0 Å². The lowest BCUT2D eigenvalue weighted by Crippen LogP contribution is -2.32. The highest BCUT2D eigenvalue weighted by Crippen LogP contribution is 2.30. The van der Waals surface area contributed by atoms with E-state index in [4.69, 9.17) is 0 Å². The number of rotatable bonds is 7. The number of hydrogen-bond acceptors (Lipinski definition) is 3. The number of carbonyl (C=O) groups excluding carboxylic acids is 1. The second-order valence-electron chi connectivity index (χ2n) is 6.77. The van der Waals surface area contributed by atoms with Crippen LogP contribution < -0.4 is 10.0 Å². The lowest BCUT2D eigenvalue weighted by molar-refractivity contribution is -0.137. The molecule has 158 valence electrons. The molecule has 0 saturated heterocycles. The van der Waals surface area contributed by atoms with Gasteiger partial charge in [0.05, 0.1) is 16.5 Å². The van der Waals surface area contributed by atoms with E-state index in [-0.39, 0.29) is 16.5 Å². The normalized spacial score (nSPS) is 14.3. The Morgan fingerprint density at radius 3 is 2.24 bits per heavy atom. The summed E-state index contributed by atoms with van der Waals surface area (Å²) in [5, 5.41) is 2.62. The Kier molecular flexibility index (Phi) is 7.07. The minimum absolute atomic E-state index is 0.0280. The van der Waals surface area contributed by atoms with Crippen molar-refractivity contribution in [3.05, 3.63) is 65.2 Å². The molecule has 0 aliphatic heterocycles. The summed E-state index contributed by atoms with van der Waals surface area (Å²) >= 11 is 0. The molecule has 2 unspecified atom stereocenters. The summed E-state index contributed by atoms with van der Waals surface area (Å²) in [6.45, 7) is 5.17. The molecule has 0 heterocycles. The Hall–Kier alpha value is -2.39. The van der Waals surface area contributed by atoms with E-state index in [1.165, 1.54) is 36.4 Å². The van der Waals surface area contributed by atoms with Gasteiger partial charge in [-0.15, -0.1) is 0 Å². The molecular weight excluding hydrogens is 405 g/mol. The summed E-state index contributed by atoms with van der Waals surface area (Å²) in [6, 6.07) is 9.19. The van der Waals surface area contributed by atoms with Crippen LogP contribution in [0.25, 0.3) is 0 Å². The van der Waals surface area contributed by atoms with Crippen LogP contribution in [0.4, 0.5) is 13.2 Å². The van der Waals surface area contributed by atoms with Crippen LogP contribution in [0.1, 0.15) is 54.7 Å². The van der Waals surface area contributed by atoms with Crippen molar-refractivity contribution >= 4 is 15.9 Å². The predicted octanol–water partition coefficient (Wildman–Crippen LogP) is 4.27. The predicted molar refractivity (Wildman–Crippen MR) is 104 cm³/mol. The first-order valence-electron chi connectivity index (χ1n) is 9.04. The van der Waals surface area contributed by atoms with Gasteiger partial charge in [-0.1, -0.05) is 19.1 Å². The van der Waals surface area contributed by atoms with Crippen molar-refractivity contribution in [2.24, 2.45) is 0 Å². The molecule has 0 spiro atoms. The van der Waals surface area contributed by atoms with Crippen LogP contribution in [0, 0.1) is 0 Å². The second-order valence-corrected chi connectivity index (χ2v) is 8.49. The average molecular weight is 428 g/mol. The van der Waals surface area contributed by atoms with Gasteiger partial charge in [-0.25, -0.2) is 13.1 Å². The molecule has 1 amide bonds. The van der Waals surface area contributed by atoms with Gasteiger partial charge in [0.25, 0.3) is 5.91 Å². The Bertz CT molecular complexity index is 958. The monoisotopic (exact) mass is 428 g/mol. The van der Waals surface area contributed by atoms with Gasteiger partial charge in [-0.2, -0.15) is 13.2 Å². The molecule has 0 fully saturated rings. The fourth-order valence-corrected chi connectivity index (χ4v) is 3.88. The third-order valence-corrected chi connectivity index (χ3v) is 6.06. The number of hydrogen-bond donors (Lipinski definition) is 2. The fraction of sp³-hybridized carbons (Fsp3) is 0.350. The lowest BCUT2D eigenvalue weighted by Gasteiger charge is -2.16. The molecule has 2 atom stereocenters. The molecular formula is C20H23F3N2O3S. The Morgan fingerprint density at radius 1 is 1.07 bits per heavy atom. The van der Waals surface area contributed by atoms with Crippen LogP contribution in [-0.4, -0.2) is 20.4 Å². The number of alkyl halides is 3. The van der Waals surface area contributed by atoms with Gasteiger partial charge in [-0.3, -0.25) is 4.79 Å². The Labute approximate surface area is 168 Å². The van der Waals surface area contributed by atoms with Crippen LogP contribution in [0.3, 0.4) is 0 Å². The largest absolute Gasteiger partial charge is 0.416 e. The molecule has 2 rings (SSSR count). The van der Waals surface area contributed by atoms with E-state index in [2.05, 4.69) is 10.0 Å². The van der Waals surface area contributed by atoms with Gasteiger partial charge in [0.15, 0.2) is 0 Å². The van der Waals surface area contributed by atoms with Gasteiger partial charge in [0, 0.05) is 11.6 Å². The second kappa shape index (κ2) is 8.96. The number of nitrogens with one attached hydrogen (secondary N) is 2. The summed E-state index contributed by atoms with van der Waals surface area (Å²) in [7, 11) is -3.69. The molecule has 0 radical (unpaired) electrons. The maximum Gasteiger partial charge on any atom is 0.416 e. The van der Waals surface area contributed by atoms with Gasteiger partial charge in [-0.05, 0) is 62.2 Å². The third kappa shape index (κ3) is 6.04. The Morgan fingerprint density at radius 2 is 1.69 bits per heavy atom. The third-order valence-electron chi connectivity index (χ3n) is 4.46. The summed E-state index contributed by atoms with van der Waals surface area (Å²) < 4.78 is 65.6. The standard InChI is InChI=1S/C20H23F3N2O3S/c1-4-13(2)25-29(27,28)18-10-8-15(9-11-18)19(26)24-14(3)16-6-5-7-17(12-16)20(21,22)23/h5-14,25H,4H2,1-3H3,(H,24,26). The van der Waals surface area contributed by atoms with Crippen molar-refractivity contribution in [1.29, 1.82) is 0 Å². The molecule has 2 aromatic rings. The van der Waals surface area contributed by atoms with Gasteiger partial charge < -0.3 is 5.32 Å². The first-order chi connectivity index (χ1) is 13.4. The molecule has 0 aromatic heterocycles. The van der Waals surface area contributed by atoms with Crippen molar-refractivity contribution < 1.29 is 26.4 Å². The van der Waals surface area contributed by atoms with E-state index in [1.54, 1.807) is 13.8 Å². The molecule has 29 heavy (non-hydrogen) atoms. The number of amides is 1. The summed E-state index contributed by atoms with van der Waals surface area (Å²) in [5.74, 6) is -0.520. The van der Waals surface area contributed by atoms with Crippen LogP contribution in [0.5, 0.6) is 0 Å². The van der Waals surface area contributed by atoms with Crippen molar-refractivity contribution in [2.45, 2.75) is 50.3 Å². The first kappa shape index (κ1) is 22.9. The van der Waals surface area contributed by atoms with Crippen LogP contribution in [0.2, 0.25) is 0 Å². The van der Waals surface area contributed by atoms with E-state index >= 15 is 0 Å². The number of sulfonamides is 1. The SMILES string of the molecule is CCC(C)NS(=O)(=O)c1ccc(C(=O)NC(C)c2cccc(C(F)(F)F)c2)cc1. The van der Waals surface area contributed by atoms with Crippen LogP contribution in [0.15, 0.2) is 53.4 Å². The van der Waals surface area contributed by atoms with Crippen molar-refractivity contribution in [1.82, 2.24) is 10.0 Å². The molecule has 0 saturated carbocycles. The number of halogens is 3. The maximum absolute atomic E-state index is 12.9. The van der Waals surface area contributed by atoms with E-state index in [9.17, 15) is 26.4 Å². The highest BCUT2D eigenvalue weighted by molar-refractivity contribution is 7.89. The van der Waals surface area contributed by atoms with E-state index < -0.39 is 33.7 Å². The quantitative estimate of drug-likeness (QED) is 0.692. The van der Waals surface area contributed by atoms with Gasteiger partial charge in [0.1, 0.15) is 0 Å². The van der Waals surface area contributed by atoms with Gasteiger partial charge in [0.2, 0.25) is 10.0 Å². The number of benzene rings is 2. The molecule has 0 aliphatic rings. The highest BCUT2D eigenvalue weighted by atomic mass is 32.2. The topological polar surface area (TPSA) is 75.3 Å². The zero-order valence-corrected chi connectivity index (χ0v) is 17.1. The maximum atomic E-state index is 12.9.